The number of nitriles is 1. The van der Waals surface area contributed by atoms with Gasteiger partial charge in [-0.05, 0) is 12.1 Å². The number of nitro benzene ring substituents is 1. The molecule has 1 aromatic carbocycles. The van der Waals surface area contributed by atoms with Crippen LogP contribution in [0.5, 0.6) is 0 Å². The van der Waals surface area contributed by atoms with Gasteiger partial charge in [0.05, 0.1) is 28.9 Å². The molecular formula is C9H8N2O5S. The minimum absolute atomic E-state index is 0.0494. The van der Waals surface area contributed by atoms with E-state index >= 15 is 0 Å². The van der Waals surface area contributed by atoms with Crippen LogP contribution < -0.4 is 0 Å². The van der Waals surface area contributed by atoms with Gasteiger partial charge in [-0.2, -0.15) is 13.7 Å². The third kappa shape index (κ3) is 3.51. The lowest BCUT2D eigenvalue weighted by Gasteiger charge is -2.02. The van der Waals surface area contributed by atoms with E-state index in [-0.39, 0.29) is 23.6 Å². The molecule has 0 atom stereocenters. The van der Waals surface area contributed by atoms with Crippen molar-refractivity contribution in [2.24, 2.45) is 0 Å². The average molecular weight is 256 g/mol. The molecule has 0 aliphatic carbocycles. The van der Waals surface area contributed by atoms with Gasteiger partial charge < -0.3 is 0 Å². The molecule has 0 N–H and O–H groups in total. The molecule has 0 aromatic heterocycles. The van der Waals surface area contributed by atoms with Crippen molar-refractivity contribution in [3.63, 3.8) is 0 Å². The number of hydrogen-bond acceptors (Lipinski definition) is 6. The highest BCUT2D eigenvalue weighted by atomic mass is 32.2. The lowest BCUT2D eigenvalue weighted by Crippen LogP contribution is -2.07. The van der Waals surface area contributed by atoms with E-state index in [4.69, 9.17) is 5.26 Å². The Morgan fingerprint density at radius 2 is 1.94 bits per heavy atom. The molecule has 0 heterocycles. The summed E-state index contributed by atoms with van der Waals surface area (Å²) in [5, 5.41) is 18.6. The van der Waals surface area contributed by atoms with Crippen molar-refractivity contribution >= 4 is 15.8 Å². The molecule has 0 saturated carbocycles. The molecule has 0 saturated heterocycles. The summed E-state index contributed by atoms with van der Waals surface area (Å²) in [6.45, 7) is -0.240. The monoisotopic (exact) mass is 256 g/mol. The molecule has 7 nitrogen and oxygen atoms in total. The van der Waals surface area contributed by atoms with Gasteiger partial charge in [-0.1, -0.05) is 0 Å². The minimum Gasteiger partial charge on any atom is -0.265 e. The summed E-state index contributed by atoms with van der Waals surface area (Å²) in [7, 11) is -3.95. The van der Waals surface area contributed by atoms with Gasteiger partial charge in [-0.15, -0.1) is 0 Å². The van der Waals surface area contributed by atoms with Gasteiger partial charge >= 0.3 is 0 Å². The molecule has 0 fully saturated rings. The highest BCUT2D eigenvalue weighted by Gasteiger charge is 2.16. The van der Waals surface area contributed by atoms with Crippen LogP contribution in [0.2, 0.25) is 0 Å². The van der Waals surface area contributed by atoms with E-state index in [9.17, 15) is 18.5 Å². The van der Waals surface area contributed by atoms with Gasteiger partial charge in [-0.25, -0.2) is 0 Å². The second-order valence-electron chi connectivity index (χ2n) is 2.94. The number of nitro groups is 1. The van der Waals surface area contributed by atoms with E-state index in [1.54, 1.807) is 6.07 Å². The summed E-state index contributed by atoms with van der Waals surface area (Å²) in [6, 6.07) is 6.04. The van der Waals surface area contributed by atoms with Crippen LogP contribution in [-0.2, 0) is 14.3 Å². The van der Waals surface area contributed by atoms with E-state index in [2.05, 4.69) is 4.18 Å². The average Bonchev–Trinajstić information content (AvgIpc) is 2.29. The second-order valence-corrected chi connectivity index (χ2v) is 4.55. The molecule has 1 aromatic rings. The maximum absolute atomic E-state index is 11.5. The summed E-state index contributed by atoms with van der Waals surface area (Å²) in [5.74, 6) is 0. The fraction of sp³-hybridized carbons (Fsp3) is 0.222. The molecule has 1 rings (SSSR count). The fourth-order valence-corrected chi connectivity index (χ4v) is 1.91. The summed E-state index contributed by atoms with van der Waals surface area (Å²) >= 11 is 0. The van der Waals surface area contributed by atoms with E-state index < -0.39 is 15.0 Å². The molecule has 17 heavy (non-hydrogen) atoms. The summed E-state index contributed by atoms with van der Waals surface area (Å²) in [5.41, 5.74) is -0.207. The van der Waals surface area contributed by atoms with Crippen LogP contribution in [0.3, 0.4) is 0 Å². The molecule has 0 amide bonds. The highest BCUT2D eigenvalue weighted by Crippen LogP contribution is 2.17. The topological polar surface area (TPSA) is 110 Å². The molecule has 0 unspecified atom stereocenters. The zero-order valence-electron chi connectivity index (χ0n) is 8.57. The molecule has 8 heteroatoms. The molecule has 0 spiro atoms. The summed E-state index contributed by atoms with van der Waals surface area (Å²) in [4.78, 5) is 9.55. The van der Waals surface area contributed by atoms with Gasteiger partial charge in [0.15, 0.2) is 0 Å². The first-order chi connectivity index (χ1) is 7.97. The van der Waals surface area contributed by atoms with Gasteiger partial charge in [0.2, 0.25) is 0 Å². The molecule has 0 aliphatic heterocycles. The molecule has 0 bridgehead atoms. The van der Waals surface area contributed by atoms with Crippen LogP contribution in [0.1, 0.15) is 6.42 Å². The third-order valence-corrected chi connectivity index (χ3v) is 3.12. The first-order valence-corrected chi connectivity index (χ1v) is 5.89. The summed E-state index contributed by atoms with van der Waals surface area (Å²) < 4.78 is 27.5. The quantitative estimate of drug-likeness (QED) is 0.339. The SMILES string of the molecule is N#CCCOS(=O)(=O)c1ccc([N+](=O)[O-])cc1. The number of non-ortho nitro benzene ring substituents is 1. The van der Waals surface area contributed by atoms with Crippen molar-refractivity contribution in [2.45, 2.75) is 11.3 Å². The maximum atomic E-state index is 11.5. The van der Waals surface area contributed by atoms with E-state index in [0.717, 1.165) is 24.3 Å². The van der Waals surface area contributed by atoms with Crippen molar-refractivity contribution in [1.82, 2.24) is 0 Å². The van der Waals surface area contributed by atoms with E-state index in [0.29, 0.717) is 0 Å². The largest absolute Gasteiger partial charge is 0.297 e. The van der Waals surface area contributed by atoms with Gasteiger partial charge in [0.25, 0.3) is 15.8 Å². The van der Waals surface area contributed by atoms with E-state index in [1.165, 1.54) is 0 Å². The standard InChI is InChI=1S/C9H8N2O5S/c10-6-1-7-16-17(14,15)9-4-2-8(3-5-9)11(12)13/h2-5H,1,7H2. The van der Waals surface area contributed by atoms with Crippen LogP contribution in [0.15, 0.2) is 29.2 Å². The van der Waals surface area contributed by atoms with Gasteiger partial charge in [-0.3, -0.25) is 14.3 Å². The first-order valence-electron chi connectivity index (χ1n) is 4.48. The lowest BCUT2D eigenvalue weighted by molar-refractivity contribution is -0.384. The van der Waals surface area contributed by atoms with Crippen LogP contribution in [0.25, 0.3) is 0 Å². The van der Waals surface area contributed by atoms with E-state index in [1.807, 2.05) is 0 Å². The van der Waals surface area contributed by atoms with Crippen molar-refractivity contribution in [3.05, 3.63) is 34.4 Å². The predicted octanol–water partition coefficient (Wildman–Crippen LogP) is 1.21. The molecule has 0 aliphatic rings. The maximum Gasteiger partial charge on any atom is 0.297 e. The molecule has 0 radical (unpaired) electrons. The van der Waals surface area contributed by atoms with Crippen LogP contribution in [-0.4, -0.2) is 19.9 Å². The van der Waals surface area contributed by atoms with Gasteiger partial charge in [0, 0.05) is 12.1 Å². The Kier molecular flexibility index (Phi) is 4.14. The molecular weight excluding hydrogens is 248 g/mol. The summed E-state index contributed by atoms with van der Waals surface area (Å²) in [6.07, 6.45) is -0.0494. The Balaban J connectivity index is 2.86. The highest BCUT2D eigenvalue weighted by molar-refractivity contribution is 7.86. The van der Waals surface area contributed by atoms with Crippen LogP contribution >= 0.6 is 0 Å². The molecule has 90 valence electrons. The smallest absolute Gasteiger partial charge is 0.265 e. The second kappa shape index (κ2) is 5.38. The van der Waals surface area contributed by atoms with Crippen molar-refractivity contribution < 1.29 is 17.5 Å². The Hall–Kier alpha value is -1.98. The number of hydrogen-bond donors (Lipinski definition) is 0. The number of nitrogens with zero attached hydrogens (tertiary/aromatic N) is 2. The third-order valence-electron chi connectivity index (χ3n) is 1.79. The predicted molar refractivity (Wildman–Crippen MR) is 56.5 cm³/mol. The van der Waals surface area contributed by atoms with Gasteiger partial charge in [0.1, 0.15) is 0 Å². The normalized spacial score (nSPS) is 10.8. The Labute approximate surface area is 97.5 Å². The van der Waals surface area contributed by atoms with Crippen LogP contribution in [0.4, 0.5) is 5.69 Å². The number of benzene rings is 1. The minimum atomic E-state index is -3.95. The zero-order chi connectivity index (χ0) is 12.9. The Morgan fingerprint density at radius 3 is 2.41 bits per heavy atom. The van der Waals surface area contributed by atoms with Crippen molar-refractivity contribution in [1.29, 1.82) is 5.26 Å². The van der Waals surface area contributed by atoms with Crippen molar-refractivity contribution in [3.8, 4) is 6.07 Å². The first kappa shape index (κ1) is 13.1. The van der Waals surface area contributed by atoms with Crippen LogP contribution in [0, 0.1) is 21.4 Å². The number of rotatable bonds is 5. The van der Waals surface area contributed by atoms with Crippen molar-refractivity contribution in [2.75, 3.05) is 6.61 Å². The zero-order valence-corrected chi connectivity index (χ0v) is 9.38. The lowest BCUT2D eigenvalue weighted by atomic mass is 10.3. The Morgan fingerprint density at radius 1 is 1.35 bits per heavy atom. The fourth-order valence-electron chi connectivity index (χ4n) is 1.000. The Bertz CT molecular complexity index is 544.